The molecule has 154 valence electrons. The lowest BCUT2D eigenvalue weighted by Crippen LogP contribution is -2.35. The van der Waals surface area contributed by atoms with E-state index in [4.69, 9.17) is 16.3 Å². The third kappa shape index (κ3) is 4.20. The highest BCUT2D eigenvalue weighted by Crippen LogP contribution is 2.32. The SMILES string of the molecule is O=C(OCc1ccc(Cl)cc1)c1cccc(S(=O)(=O)N2CCCc3ccccc32)c1. The van der Waals surface area contributed by atoms with Crippen molar-refractivity contribution in [2.45, 2.75) is 24.3 Å². The van der Waals surface area contributed by atoms with E-state index >= 15 is 0 Å². The van der Waals surface area contributed by atoms with Crippen LogP contribution < -0.4 is 4.31 Å². The van der Waals surface area contributed by atoms with E-state index in [0.717, 1.165) is 24.0 Å². The number of para-hydroxylation sites is 1. The molecule has 0 bridgehead atoms. The van der Waals surface area contributed by atoms with Gasteiger partial charge in [0.05, 0.1) is 16.1 Å². The van der Waals surface area contributed by atoms with Crippen molar-refractivity contribution in [3.8, 4) is 0 Å². The van der Waals surface area contributed by atoms with Gasteiger partial charge in [0.1, 0.15) is 6.61 Å². The Bertz CT molecular complexity index is 1180. The quantitative estimate of drug-likeness (QED) is 0.531. The average Bonchev–Trinajstić information content (AvgIpc) is 2.78. The molecule has 0 aromatic heterocycles. The zero-order valence-corrected chi connectivity index (χ0v) is 17.7. The molecule has 1 aliphatic heterocycles. The summed E-state index contributed by atoms with van der Waals surface area (Å²) in [6, 6.07) is 20.5. The van der Waals surface area contributed by atoms with Gasteiger partial charge in [0.2, 0.25) is 0 Å². The normalized spacial score (nSPS) is 13.6. The van der Waals surface area contributed by atoms with Crippen molar-refractivity contribution in [2.75, 3.05) is 10.8 Å². The largest absolute Gasteiger partial charge is 0.457 e. The maximum atomic E-state index is 13.3. The van der Waals surface area contributed by atoms with E-state index in [1.54, 1.807) is 36.4 Å². The van der Waals surface area contributed by atoms with Gasteiger partial charge in [-0.2, -0.15) is 0 Å². The molecule has 0 radical (unpaired) electrons. The Morgan fingerprint density at radius 2 is 1.77 bits per heavy atom. The molecular weight excluding hydrogens is 422 g/mol. The Morgan fingerprint density at radius 1 is 1.00 bits per heavy atom. The van der Waals surface area contributed by atoms with Gasteiger partial charge in [-0.25, -0.2) is 13.2 Å². The van der Waals surface area contributed by atoms with Crippen molar-refractivity contribution in [3.63, 3.8) is 0 Å². The lowest BCUT2D eigenvalue weighted by Gasteiger charge is -2.30. The number of esters is 1. The van der Waals surface area contributed by atoms with Crippen LogP contribution >= 0.6 is 11.6 Å². The second kappa shape index (κ2) is 8.50. The molecule has 3 aromatic carbocycles. The van der Waals surface area contributed by atoms with Gasteiger partial charge in [-0.3, -0.25) is 4.31 Å². The molecule has 0 spiro atoms. The summed E-state index contributed by atoms with van der Waals surface area (Å²) in [4.78, 5) is 12.6. The van der Waals surface area contributed by atoms with Crippen LogP contribution in [0.15, 0.2) is 77.7 Å². The van der Waals surface area contributed by atoms with E-state index in [0.29, 0.717) is 17.3 Å². The third-order valence-electron chi connectivity index (χ3n) is 5.01. The maximum absolute atomic E-state index is 13.3. The molecule has 1 aliphatic rings. The van der Waals surface area contributed by atoms with Crippen LogP contribution in [0.1, 0.15) is 27.9 Å². The lowest BCUT2D eigenvalue weighted by atomic mass is 10.0. The minimum Gasteiger partial charge on any atom is -0.457 e. The van der Waals surface area contributed by atoms with Crippen molar-refractivity contribution >= 4 is 33.3 Å². The summed E-state index contributed by atoms with van der Waals surface area (Å²) in [5, 5.41) is 0.599. The molecule has 0 saturated carbocycles. The minimum absolute atomic E-state index is 0.0696. The molecule has 0 fully saturated rings. The number of fused-ring (bicyclic) bond motifs is 1. The van der Waals surface area contributed by atoms with Gasteiger partial charge in [0.25, 0.3) is 10.0 Å². The molecule has 7 heteroatoms. The fraction of sp³-hybridized carbons (Fsp3) is 0.174. The number of carbonyl (C=O) groups excluding carboxylic acids is 1. The maximum Gasteiger partial charge on any atom is 0.338 e. The number of hydrogen-bond donors (Lipinski definition) is 0. The predicted octanol–water partition coefficient (Wildman–Crippen LogP) is 4.84. The van der Waals surface area contributed by atoms with Gasteiger partial charge in [-0.1, -0.05) is 48.0 Å². The van der Waals surface area contributed by atoms with E-state index in [9.17, 15) is 13.2 Å². The summed E-state index contributed by atoms with van der Waals surface area (Å²) in [6.07, 6.45) is 1.60. The number of rotatable bonds is 5. The van der Waals surface area contributed by atoms with E-state index in [-0.39, 0.29) is 17.1 Å². The van der Waals surface area contributed by atoms with Crippen molar-refractivity contribution < 1.29 is 17.9 Å². The Kier molecular flexibility index (Phi) is 5.79. The van der Waals surface area contributed by atoms with Crippen molar-refractivity contribution in [1.82, 2.24) is 0 Å². The van der Waals surface area contributed by atoms with Crippen LogP contribution in [-0.4, -0.2) is 20.9 Å². The highest BCUT2D eigenvalue weighted by molar-refractivity contribution is 7.92. The standard InChI is InChI=1S/C23H20ClNO4S/c24-20-12-10-17(11-13-20)16-29-23(26)19-6-3-8-21(15-19)30(27,28)25-14-4-7-18-5-1-2-9-22(18)25/h1-3,5-6,8-13,15H,4,7,14,16H2. The highest BCUT2D eigenvalue weighted by Gasteiger charge is 2.29. The van der Waals surface area contributed by atoms with E-state index < -0.39 is 16.0 Å². The zero-order chi connectivity index (χ0) is 21.1. The van der Waals surface area contributed by atoms with Crippen LogP contribution in [0.2, 0.25) is 5.02 Å². The van der Waals surface area contributed by atoms with Crippen LogP contribution in [0.4, 0.5) is 5.69 Å². The molecule has 0 unspecified atom stereocenters. The molecule has 0 N–H and O–H groups in total. The van der Waals surface area contributed by atoms with Crippen LogP contribution in [-0.2, 0) is 27.8 Å². The van der Waals surface area contributed by atoms with E-state index in [2.05, 4.69) is 0 Å². The molecule has 1 heterocycles. The first-order chi connectivity index (χ1) is 14.4. The van der Waals surface area contributed by atoms with Gasteiger partial charge >= 0.3 is 5.97 Å². The average molecular weight is 442 g/mol. The van der Waals surface area contributed by atoms with Crippen LogP contribution in [0.25, 0.3) is 0 Å². The molecule has 0 saturated heterocycles. The van der Waals surface area contributed by atoms with Crippen LogP contribution in [0, 0.1) is 0 Å². The second-order valence-electron chi connectivity index (χ2n) is 7.04. The molecule has 0 aliphatic carbocycles. The molecule has 0 atom stereocenters. The first-order valence-corrected chi connectivity index (χ1v) is 11.4. The van der Waals surface area contributed by atoms with Gasteiger partial charge in [-0.05, 0) is 60.4 Å². The number of anilines is 1. The van der Waals surface area contributed by atoms with Crippen LogP contribution in [0.3, 0.4) is 0 Å². The Hall–Kier alpha value is -2.83. The minimum atomic E-state index is -3.79. The van der Waals surface area contributed by atoms with Gasteiger partial charge in [0, 0.05) is 11.6 Å². The smallest absolute Gasteiger partial charge is 0.338 e. The number of sulfonamides is 1. The molecule has 30 heavy (non-hydrogen) atoms. The number of benzene rings is 3. The number of halogens is 1. The Labute approximate surface area is 180 Å². The fourth-order valence-corrected chi connectivity index (χ4v) is 5.19. The summed E-state index contributed by atoms with van der Waals surface area (Å²) in [5.41, 5.74) is 2.68. The topological polar surface area (TPSA) is 63.7 Å². The van der Waals surface area contributed by atoms with Gasteiger partial charge in [-0.15, -0.1) is 0 Å². The Balaban J connectivity index is 1.55. The first-order valence-electron chi connectivity index (χ1n) is 9.57. The number of nitrogens with zero attached hydrogens (tertiary/aromatic N) is 1. The zero-order valence-electron chi connectivity index (χ0n) is 16.1. The van der Waals surface area contributed by atoms with Crippen LogP contribution in [0.5, 0.6) is 0 Å². The predicted molar refractivity (Wildman–Crippen MR) is 116 cm³/mol. The van der Waals surface area contributed by atoms with E-state index in [1.807, 2.05) is 24.3 Å². The number of hydrogen-bond acceptors (Lipinski definition) is 4. The summed E-state index contributed by atoms with van der Waals surface area (Å²) >= 11 is 5.86. The fourth-order valence-electron chi connectivity index (χ4n) is 3.47. The second-order valence-corrected chi connectivity index (χ2v) is 9.34. The van der Waals surface area contributed by atoms with Crippen molar-refractivity contribution in [2.24, 2.45) is 0 Å². The lowest BCUT2D eigenvalue weighted by molar-refractivity contribution is 0.0472. The third-order valence-corrected chi connectivity index (χ3v) is 7.07. The number of aryl methyl sites for hydroxylation is 1. The highest BCUT2D eigenvalue weighted by atomic mass is 35.5. The van der Waals surface area contributed by atoms with Crippen molar-refractivity contribution in [3.05, 3.63) is 94.5 Å². The van der Waals surface area contributed by atoms with Gasteiger partial charge in [0.15, 0.2) is 0 Å². The molecule has 4 rings (SSSR count). The number of ether oxygens (including phenoxy) is 1. The Morgan fingerprint density at radius 3 is 2.57 bits per heavy atom. The van der Waals surface area contributed by atoms with Crippen molar-refractivity contribution in [1.29, 1.82) is 0 Å². The summed E-state index contributed by atoms with van der Waals surface area (Å²) in [7, 11) is -3.79. The molecular formula is C23H20ClNO4S. The summed E-state index contributed by atoms with van der Waals surface area (Å²) < 4.78 is 33.3. The van der Waals surface area contributed by atoms with E-state index in [1.165, 1.54) is 16.4 Å². The van der Waals surface area contributed by atoms with Gasteiger partial charge < -0.3 is 4.74 Å². The summed E-state index contributed by atoms with van der Waals surface area (Å²) in [6.45, 7) is 0.483. The summed E-state index contributed by atoms with van der Waals surface area (Å²) in [5.74, 6) is -0.582. The molecule has 0 amide bonds. The number of carbonyl (C=O) groups is 1. The molecule has 3 aromatic rings. The molecule has 5 nitrogen and oxygen atoms in total. The monoisotopic (exact) mass is 441 g/mol. The first kappa shape index (κ1) is 20.4.